The zero-order chi connectivity index (χ0) is 21.5. The summed E-state index contributed by atoms with van der Waals surface area (Å²) in [5.74, 6) is -2.24. The van der Waals surface area contributed by atoms with Crippen molar-refractivity contribution < 1.29 is 28.2 Å². The second-order valence-electron chi connectivity index (χ2n) is 6.75. The number of amides is 2. The van der Waals surface area contributed by atoms with E-state index in [0.29, 0.717) is 5.56 Å². The van der Waals surface area contributed by atoms with E-state index >= 15 is 0 Å². The maximum absolute atomic E-state index is 13.2. The highest BCUT2D eigenvalue weighted by Crippen LogP contribution is 2.16. The topological polar surface area (TPSA) is 101 Å². The minimum absolute atomic E-state index is 0.0316. The highest BCUT2D eigenvalue weighted by Gasteiger charge is 2.29. The van der Waals surface area contributed by atoms with Crippen molar-refractivity contribution in [2.24, 2.45) is 0 Å². The van der Waals surface area contributed by atoms with Gasteiger partial charge in [0.2, 0.25) is 5.91 Å². The quantitative estimate of drug-likeness (QED) is 0.593. The number of ether oxygens (including phenoxy) is 1. The second-order valence-corrected chi connectivity index (χ2v) is 6.75. The molecule has 1 aliphatic rings. The molecule has 1 aromatic carbocycles. The smallest absolute Gasteiger partial charge is 0.270 e. The Balaban J connectivity index is 1.53. The number of hydrogen-bond acceptors (Lipinski definition) is 5. The van der Waals surface area contributed by atoms with Crippen LogP contribution in [-0.4, -0.2) is 46.8 Å². The third kappa shape index (κ3) is 5.91. The van der Waals surface area contributed by atoms with E-state index in [-0.39, 0.29) is 31.2 Å². The molecule has 2 heterocycles. The summed E-state index contributed by atoms with van der Waals surface area (Å²) in [5.41, 5.74) is 0.532. The normalized spacial score (nSPS) is 20.6. The number of carbonyl (C=O) groups excluding carboxylic acids is 2. The van der Waals surface area contributed by atoms with Crippen LogP contribution in [0.25, 0.3) is 0 Å². The number of aliphatic hydroxyl groups excluding tert-OH is 1. The van der Waals surface area contributed by atoms with Gasteiger partial charge in [0.25, 0.3) is 5.91 Å². The fourth-order valence-electron chi connectivity index (χ4n) is 3.03. The Morgan fingerprint density at radius 2 is 1.90 bits per heavy atom. The van der Waals surface area contributed by atoms with Crippen LogP contribution >= 0.6 is 0 Å². The van der Waals surface area contributed by atoms with Gasteiger partial charge < -0.3 is 20.5 Å². The number of aromatic nitrogens is 1. The standard InChI is InChI=1S/C21H21F2N3O4/c22-14-7-13(8-15(23)9-14)11-25-20(28)10-16-4-5-17(19(12-27)30-16)26-21(29)18-3-1-2-6-24-18/h1-9,16-17,19,27H,10-12H2,(H,25,28)(H,26,29)/t16-,17+,19+/m1/s1. The van der Waals surface area contributed by atoms with Gasteiger partial charge in [-0.1, -0.05) is 18.2 Å². The van der Waals surface area contributed by atoms with E-state index in [9.17, 15) is 23.5 Å². The minimum Gasteiger partial charge on any atom is -0.394 e. The van der Waals surface area contributed by atoms with Gasteiger partial charge in [-0.2, -0.15) is 0 Å². The van der Waals surface area contributed by atoms with Crippen molar-refractivity contribution in [1.82, 2.24) is 15.6 Å². The molecule has 2 amide bonds. The lowest BCUT2D eigenvalue weighted by atomic mass is 10.0. The molecule has 0 spiro atoms. The summed E-state index contributed by atoms with van der Waals surface area (Å²) in [5, 5.41) is 14.9. The first-order valence-electron chi connectivity index (χ1n) is 9.33. The molecule has 0 radical (unpaired) electrons. The van der Waals surface area contributed by atoms with Gasteiger partial charge in [0.15, 0.2) is 0 Å². The van der Waals surface area contributed by atoms with Gasteiger partial charge in [0.05, 0.1) is 25.2 Å². The number of nitrogens with zero attached hydrogens (tertiary/aromatic N) is 1. The summed E-state index contributed by atoms with van der Waals surface area (Å²) in [7, 11) is 0. The largest absolute Gasteiger partial charge is 0.394 e. The van der Waals surface area contributed by atoms with Crippen LogP contribution in [0, 0.1) is 11.6 Å². The van der Waals surface area contributed by atoms with Gasteiger partial charge in [0.1, 0.15) is 23.4 Å². The predicted octanol–water partition coefficient (Wildman–Crippen LogP) is 1.48. The van der Waals surface area contributed by atoms with Crippen LogP contribution in [0.2, 0.25) is 0 Å². The van der Waals surface area contributed by atoms with E-state index in [1.807, 2.05) is 0 Å². The lowest BCUT2D eigenvalue weighted by Crippen LogP contribution is -2.49. The summed E-state index contributed by atoms with van der Waals surface area (Å²) < 4.78 is 32.1. The summed E-state index contributed by atoms with van der Waals surface area (Å²) in [6.45, 7) is -0.395. The Morgan fingerprint density at radius 1 is 1.13 bits per heavy atom. The van der Waals surface area contributed by atoms with Crippen LogP contribution < -0.4 is 10.6 Å². The lowest BCUT2D eigenvalue weighted by molar-refractivity contribution is -0.125. The monoisotopic (exact) mass is 417 g/mol. The fourth-order valence-corrected chi connectivity index (χ4v) is 3.03. The van der Waals surface area contributed by atoms with E-state index in [0.717, 1.165) is 18.2 Å². The van der Waals surface area contributed by atoms with Crippen molar-refractivity contribution in [3.8, 4) is 0 Å². The molecule has 0 bridgehead atoms. The predicted molar refractivity (Wildman–Crippen MR) is 103 cm³/mol. The molecule has 0 aliphatic carbocycles. The van der Waals surface area contributed by atoms with Crippen LogP contribution in [-0.2, 0) is 16.1 Å². The maximum Gasteiger partial charge on any atom is 0.270 e. The minimum atomic E-state index is -0.738. The molecule has 1 aliphatic heterocycles. The molecule has 0 unspecified atom stereocenters. The number of nitrogens with one attached hydrogen (secondary N) is 2. The van der Waals surface area contributed by atoms with Crippen LogP contribution in [0.3, 0.4) is 0 Å². The van der Waals surface area contributed by atoms with Gasteiger partial charge in [0, 0.05) is 18.8 Å². The molecular formula is C21H21F2N3O4. The molecule has 158 valence electrons. The zero-order valence-electron chi connectivity index (χ0n) is 15.9. The molecule has 3 rings (SSSR count). The van der Waals surface area contributed by atoms with Crippen LogP contribution in [0.5, 0.6) is 0 Å². The first kappa shape index (κ1) is 21.5. The first-order chi connectivity index (χ1) is 14.4. The third-order valence-electron chi connectivity index (χ3n) is 4.46. The fraction of sp³-hybridized carbons (Fsp3) is 0.286. The SMILES string of the molecule is O=C(C[C@H]1C=C[C@H](NC(=O)c2ccccn2)[C@H](CO)O1)NCc1cc(F)cc(F)c1. The molecule has 30 heavy (non-hydrogen) atoms. The van der Waals surface area contributed by atoms with Crippen LogP contribution in [0.1, 0.15) is 22.5 Å². The zero-order valence-corrected chi connectivity index (χ0v) is 15.9. The van der Waals surface area contributed by atoms with Crippen molar-refractivity contribution in [2.45, 2.75) is 31.2 Å². The number of carbonyl (C=O) groups is 2. The molecule has 9 heteroatoms. The van der Waals surface area contributed by atoms with Gasteiger partial charge in [-0.15, -0.1) is 0 Å². The third-order valence-corrected chi connectivity index (χ3v) is 4.46. The molecule has 2 aromatic rings. The van der Waals surface area contributed by atoms with E-state index in [1.165, 1.54) is 6.20 Å². The van der Waals surface area contributed by atoms with Gasteiger partial charge >= 0.3 is 0 Å². The number of rotatable bonds is 7. The van der Waals surface area contributed by atoms with E-state index in [4.69, 9.17) is 4.74 Å². The Kier molecular flexibility index (Phi) is 7.21. The summed E-state index contributed by atoms with van der Waals surface area (Å²) >= 11 is 0. The molecule has 1 aromatic heterocycles. The average molecular weight is 417 g/mol. The number of aliphatic hydroxyl groups is 1. The summed E-state index contributed by atoms with van der Waals surface area (Å²) in [6, 6.07) is 7.38. The van der Waals surface area contributed by atoms with Crippen molar-refractivity contribution in [1.29, 1.82) is 0 Å². The number of pyridine rings is 1. The van der Waals surface area contributed by atoms with Gasteiger partial charge in [-0.25, -0.2) is 8.78 Å². The molecular weight excluding hydrogens is 396 g/mol. The van der Waals surface area contributed by atoms with E-state index in [2.05, 4.69) is 15.6 Å². The molecule has 3 atom stereocenters. The van der Waals surface area contributed by atoms with Gasteiger partial charge in [-0.3, -0.25) is 14.6 Å². The molecule has 0 saturated carbocycles. The molecule has 3 N–H and O–H groups in total. The number of benzene rings is 1. The first-order valence-corrected chi connectivity index (χ1v) is 9.33. The van der Waals surface area contributed by atoms with Crippen molar-refractivity contribution in [3.05, 3.63) is 77.6 Å². The number of halogens is 2. The van der Waals surface area contributed by atoms with E-state index in [1.54, 1.807) is 30.4 Å². The maximum atomic E-state index is 13.2. The van der Waals surface area contributed by atoms with Crippen molar-refractivity contribution in [2.75, 3.05) is 6.61 Å². The Hall–Kier alpha value is -3.17. The van der Waals surface area contributed by atoms with Crippen molar-refractivity contribution >= 4 is 11.8 Å². The molecule has 7 nitrogen and oxygen atoms in total. The highest BCUT2D eigenvalue weighted by molar-refractivity contribution is 5.92. The molecule has 0 saturated heterocycles. The van der Waals surface area contributed by atoms with Gasteiger partial charge in [-0.05, 0) is 29.8 Å². The Labute approximate surface area is 171 Å². The highest BCUT2D eigenvalue weighted by atomic mass is 19.1. The Bertz CT molecular complexity index is 903. The summed E-state index contributed by atoms with van der Waals surface area (Å²) in [6.07, 6.45) is 3.37. The van der Waals surface area contributed by atoms with Crippen LogP contribution in [0.4, 0.5) is 8.78 Å². The van der Waals surface area contributed by atoms with E-state index < -0.39 is 35.8 Å². The van der Waals surface area contributed by atoms with Crippen molar-refractivity contribution in [3.63, 3.8) is 0 Å². The second kappa shape index (κ2) is 10.0. The molecule has 0 fully saturated rings. The average Bonchev–Trinajstić information content (AvgIpc) is 2.73. The van der Waals surface area contributed by atoms with Crippen LogP contribution in [0.15, 0.2) is 54.7 Å². The lowest BCUT2D eigenvalue weighted by Gasteiger charge is -2.31. The number of hydrogen-bond donors (Lipinski definition) is 3. The Morgan fingerprint density at radius 3 is 2.57 bits per heavy atom. The summed E-state index contributed by atoms with van der Waals surface area (Å²) in [4.78, 5) is 28.3.